The fourth-order valence-electron chi connectivity index (χ4n) is 6.03. The average molecular weight is 723 g/mol. The number of carbonyl (C=O) groups excluding carboxylic acids is 3. The predicted molar refractivity (Wildman–Crippen MR) is 209 cm³/mol. The minimum atomic E-state index is -3.60. The molecule has 6 nitrogen and oxygen atoms in total. The molecule has 2 unspecified atom stereocenters. The molecule has 3 aromatic carbocycles. The molecule has 0 N–H and O–H groups in total. The summed E-state index contributed by atoms with van der Waals surface area (Å²) in [5.74, 6) is -0.260. The molecular weight excluding hydrogens is 669 g/mol. The number of ketones is 3. The Morgan fingerprint density at radius 3 is 2.02 bits per heavy atom. The Kier molecular flexibility index (Phi) is 17.2. The van der Waals surface area contributed by atoms with Gasteiger partial charge in [0.15, 0.2) is 15.6 Å². The monoisotopic (exact) mass is 722 g/mol. The minimum absolute atomic E-state index is 0.00365. The molecule has 1 heterocycles. The second kappa shape index (κ2) is 22.0. The van der Waals surface area contributed by atoms with Crippen LogP contribution in [-0.4, -0.2) is 43.7 Å². The van der Waals surface area contributed by atoms with Gasteiger partial charge >= 0.3 is 0 Å². The van der Waals surface area contributed by atoms with Crippen LogP contribution in [0.4, 0.5) is 0 Å². The number of unbranched alkanes of at least 4 members (excludes halogenated alkanes) is 3. The first-order valence-electron chi connectivity index (χ1n) is 18.9. The molecule has 4 rings (SSSR count). The molecule has 0 bridgehead atoms. The Morgan fingerprint density at radius 2 is 1.31 bits per heavy atom. The van der Waals surface area contributed by atoms with Gasteiger partial charge in [-0.1, -0.05) is 129 Å². The highest BCUT2D eigenvalue weighted by Gasteiger charge is 2.36. The summed E-state index contributed by atoms with van der Waals surface area (Å²) in [4.78, 5) is 37.8. The Morgan fingerprint density at radius 1 is 0.654 bits per heavy atom. The zero-order valence-corrected chi connectivity index (χ0v) is 31.4. The van der Waals surface area contributed by atoms with Crippen LogP contribution in [-0.2, 0) is 37.0 Å². The number of hydrogen-bond donors (Lipinski definition) is 0. The van der Waals surface area contributed by atoms with Gasteiger partial charge in [0.2, 0.25) is 0 Å². The number of epoxide rings is 1. The van der Waals surface area contributed by atoms with Gasteiger partial charge in [-0.15, -0.1) is 0 Å². The van der Waals surface area contributed by atoms with Crippen LogP contribution in [0, 0.1) is 0 Å². The van der Waals surface area contributed by atoms with Crippen LogP contribution in [0.2, 0.25) is 0 Å². The number of Topliss-reactive ketones (excluding diaryl/α,β-unsaturated/α-hetero) is 2. The van der Waals surface area contributed by atoms with E-state index in [1.165, 1.54) is 37.8 Å². The van der Waals surface area contributed by atoms with E-state index in [1.807, 2.05) is 30.3 Å². The Balaban J connectivity index is 1.05. The van der Waals surface area contributed by atoms with E-state index in [9.17, 15) is 22.8 Å². The quantitative estimate of drug-likeness (QED) is 0.0374. The number of aryl methyl sites for hydroxylation is 1. The molecule has 1 aliphatic rings. The number of rotatable bonds is 25. The lowest BCUT2D eigenvalue weighted by Crippen LogP contribution is -2.12. The Hall–Kier alpha value is -4.20. The fraction of sp³-hybridized carbons (Fsp3) is 0.400. The number of ether oxygens (including phenoxy) is 1. The number of hydrogen-bond acceptors (Lipinski definition) is 6. The van der Waals surface area contributed by atoms with E-state index >= 15 is 0 Å². The molecule has 0 saturated carbocycles. The van der Waals surface area contributed by atoms with Crippen LogP contribution in [0.25, 0.3) is 0 Å². The number of benzene rings is 3. The molecule has 0 radical (unpaired) electrons. The minimum Gasteiger partial charge on any atom is -0.369 e. The first kappa shape index (κ1) is 40.6. The smallest absolute Gasteiger partial charge is 0.193 e. The lowest BCUT2D eigenvalue weighted by atomic mass is 9.99. The van der Waals surface area contributed by atoms with Crippen molar-refractivity contribution in [3.05, 3.63) is 138 Å². The molecular formula is C45H54O6S. The number of allylic oxidation sites excluding steroid dienone is 5. The van der Waals surface area contributed by atoms with Crippen molar-refractivity contribution >= 4 is 27.2 Å². The molecule has 7 heteroatoms. The van der Waals surface area contributed by atoms with Crippen LogP contribution in [0.1, 0.15) is 111 Å². The predicted octanol–water partition coefficient (Wildman–Crippen LogP) is 9.75. The van der Waals surface area contributed by atoms with E-state index in [0.29, 0.717) is 49.0 Å². The molecule has 1 aliphatic heterocycles. The second-order valence-corrected chi connectivity index (χ2v) is 15.7. The number of carbonyl (C=O) groups is 3. The third-order valence-electron chi connectivity index (χ3n) is 9.30. The third-order valence-corrected chi connectivity index (χ3v) is 11.0. The Labute approximate surface area is 311 Å². The van der Waals surface area contributed by atoms with E-state index in [0.717, 1.165) is 36.8 Å². The standard InChI is InChI=1S/C45H54O6S/c1-2-3-13-21-43-44(51-43)22-17-11-9-7-5-4-6-8-10-16-20-40(46)33-34-52(49,50)42-31-26-37(27-32-42)35-41(47)30-25-36-23-28-39(29-24-36)45(48)38-18-14-12-15-19-38/h5-8,11-12,14-15,17-19,23-24,26-29,31-32,43-44H,2-4,9-10,13,16,20-22,25,30,33-35H2,1H3/b7-5-,8-6-,17-11-. The van der Waals surface area contributed by atoms with Gasteiger partial charge < -0.3 is 4.74 Å². The molecule has 2 atom stereocenters. The zero-order valence-electron chi connectivity index (χ0n) is 30.6. The lowest BCUT2D eigenvalue weighted by molar-refractivity contribution is -0.119. The van der Waals surface area contributed by atoms with E-state index < -0.39 is 9.84 Å². The first-order valence-corrected chi connectivity index (χ1v) is 20.5. The van der Waals surface area contributed by atoms with Gasteiger partial charge in [-0.25, -0.2) is 8.42 Å². The zero-order chi connectivity index (χ0) is 37.0. The topological polar surface area (TPSA) is 97.9 Å². The summed E-state index contributed by atoms with van der Waals surface area (Å²) in [5, 5.41) is 0. The van der Waals surface area contributed by atoms with Gasteiger partial charge in [0, 0.05) is 36.8 Å². The summed E-state index contributed by atoms with van der Waals surface area (Å²) < 4.78 is 31.4. The molecule has 1 saturated heterocycles. The highest BCUT2D eigenvalue weighted by Crippen LogP contribution is 2.30. The van der Waals surface area contributed by atoms with Crippen molar-refractivity contribution in [3.8, 4) is 0 Å². The highest BCUT2D eigenvalue weighted by atomic mass is 32.2. The molecule has 3 aromatic rings. The largest absolute Gasteiger partial charge is 0.369 e. The van der Waals surface area contributed by atoms with Crippen molar-refractivity contribution in [1.82, 2.24) is 0 Å². The lowest BCUT2D eigenvalue weighted by Gasteiger charge is -2.07. The van der Waals surface area contributed by atoms with Crippen molar-refractivity contribution in [2.75, 3.05) is 5.75 Å². The van der Waals surface area contributed by atoms with Crippen molar-refractivity contribution in [3.63, 3.8) is 0 Å². The van der Waals surface area contributed by atoms with Crippen molar-refractivity contribution in [2.45, 2.75) is 114 Å². The van der Waals surface area contributed by atoms with Crippen molar-refractivity contribution in [2.24, 2.45) is 0 Å². The summed E-state index contributed by atoms with van der Waals surface area (Å²) in [6.07, 6.45) is 24.5. The Bertz CT molecular complexity index is 1750. The summed E-state index contributed by atoms with van der Waals surface area (Å²) >= 11 is 0. The van der Waals surface area contributed by atoms with E-state index in [-0.39, 0.29) is 40.8 Å². The van der Waals surface area contributed by atoms with Gasteiger partial charge in [-0.3, -0.25) is 14.4 Å². The van der Waals surface area contributed by atoms with Crippen LogP contribution < -0.4 is 0 Å². The maximum absolute atomic E-state index is 12.9. The van der Waals surface area contributed by atoms with Gasteiger partial charge in [0.1, 0.15) is 11.6 Å². The average Bonchev–Trinajstić information content (AvgIpc) is 3.92. The highest BCUT2D eigenvalue weighted by molar-refractivity contribution is 7.91. The summed E-state index contributed by atoms with van der Waals surface area (Å²) in [7, 11) is -3.60. The SMILES string of the molecule is CCCCCC1OC1C/C=C\C/C=C\C/C=C\CCCC(=O)CCS(=O)(=O)c1ccc(CC(=O)CCc2ccc(C(=O)c3ccccc3)cc2)cc1. The summed E-state index contributed by atoms with van der Waals surface area (Å²) in [5.41, 5.74) is 2.96. The number of sulfone groups is 1. The maximum Gasteiger partial charge on any atom is 0.193 e. The second-order valence-electron chi connectivity index (χ2n) is 13.6. The first-order chi connectivity index (χ1) is 25.2. The van der Waals surface area contributed by atoms with Gasteiger partial charge in [-0.2, -0.15) is 0 Å². The molecule has 0 amide bonds. The third kappa shape index (κ3) is 14.8. The molecule has 1 fully saturated rings. The van der Waals surface area contributed by atoms with Crippen LogP contribution in [0.3, 0.4) is 0 Å². The van der Waals surface area contributed by atoms with E-state index in [4.69, 9.17) is 4.74 Å². The van der Waals surface area contributed by atoms with E-state index in [2.05, 4.69) is 43.4 Å². The maximum atomic E-state index is 12.9. The van der Waals surface area contributed by atoms with Gasteiger partial charge in [-0.05, 0) is 68.2 Å². The summed E-state index contributed by atoms with van der Waals surface area (Å²) in [6, 6.07) is 22.8. The molecule has 52 heavy (non-hydrogen) atoms. The van der Waals surface area contributed by atoms with Crippen LogP contribution in [0.5, 0.6) is 0 Å². The molecule has 0 aromatic heterocycles. The molecule has 276 valence electrons. The fourth-order valence-corrected chi connectivity index (χ4v) is 7.31. The van der Waals surface area contributed by atoms with Crippen molar-refractivity contribution < 1.29 is 27.5 Å². The van der Waals surface area contributed by atoms with Crippen LogP contribution >= 0.6 is 0 Å². The summed E-state index contributed by atoms with van der Waals surface area (Å²) in [6.45, 7) is 2.22. The van der Waals surface area contributed by atoms with Gasteiger partial charge in [0.05, 0.1) is 22.9 Å². The molecule has 0 aliphatic carbocycles. The molecule has 0 spiro atoms. The van der Waals surface area contributed by atoms with Crippen LogP contribution in [0.15, 0.2) is 120 Å². The van der Waals surface area contributed by atoms with E-state index in [1.54, 1.807) is 36.4 Å². The van der Waals surface area contributed by atoms with Crippen molar-refractivity contribution in [1.29, 1.82) is 0 Å². The van der Waals surface area contributed by atoms with Gasteiger partial charge in [0.25, 0.3) is 0 Å². The normalized spacial score (nSPS) is 15.9.